The van der Waals surface area contributed by atoms with Gasteiger partial charge >= 0.3 is 0 Å². The summed E-state index contributed by atoms with van der Waals surface area (Å²) in [5.74, 6) is -7.17. The van der Waals surface area contributed by atoms with Crippen molar-refractivity contribution in [2.45, 2.75) is 4.90 Å². The lowest BCUT2D eigenvalue weighted by atomic mass is 10.3. The highest BCUT2D eigenvalue weighted by molar-refractivity contribution is 7.92. The first kappa shape index (κ1) is 15.1. The molecule has 112 valence electrons. The van der Waals surface area contributed by atoms with Crippen LogP contribution in [0.2, 0.25) is 0 Å². The molecule has 0 unspecified atom stereocenters. The van der Waals surface area contributed by atoms with E-state index in [1.807, 2.05) is 0 Å². The second-order valence-electron chi connectivity index (χ2n) is 3.99. The van der Waals surface area contributed by atoms with Gasteiger partial charge in [0.05, 0.1) is 5.69 Å². The number of hydrogen-bond donors (Lipinski definition) is 2. The van der Waals surface area contributed by atoms with Gasteiger partial charge in [-0.3, -0.25) is 4.72 Å². The van der Waals surface area contributed by atoms with E-state index >= 15 is 0 Å². The highest BCUT2D eigenvalue weighted by Gasteiger charge is 2.25. The Labute approximate surface area is 117 Å². The van der Waals surface area contributed by atoms with E-state index in [1.165, 1.54) is 22.9 Å². The standard InChI is InChI=1S/C12H8F4N2O2S/c13-6-5-7(14)11(16)12(10(6)15)18-21(19,20)9-4-2-1-3-8(9)17/h1-5,18H,17H2. The predicted octanol–water partition coefficient (Wildman–Crippen LogP) is 2.63. The van der Waals surface area contributed by atoms with Crippen molar-refractivity contribution in [3.8, 4) is 0 Å². The Morgan fingerprint density at radius 3 is 2.00 bits per heavy atom. The van der Waals surface area contributed by atoms with Crippen molar-refractivity contribution in [2.24, 2.45) is 0 Å². The third-order valence-corrected chi connectivity index (χ3v) is 3.98. The van der Waals surface area contributed by atoms with Gasteiger partial charge in [-0.05, 0) is 12.1 Å². The zero-order valence-corrected chi connectivity index (χ0v) is 11.0. The van der Waals surface area contributed by atoms with Crippen LogP contribution in [-0.2, 0) is 10.0 Å². The van der Waals surface area contributed by atoms with E-state index in [0.717, 1.165) is 6.07 Å². The van der Waals surface area contributed by atoms with E-state index < -0.39 is 43.9 Å². The summed E-state index contributed by atoms with van der Waals surface area (Å²) >= 11 is 0. The van der Waals surface area contributed by atoms with Gasteiger partial charge < -0.3 is 5.73 Å². The fraction of sp³-hybridized carbons (Fsp3) is 0. The van der Waals surface area contributed by atoms with E-state index in [2.05, 4.69) is 0 Å². The molecule has 3 N–H and O–H groups in total. The molecule has 0 aliphatic carbocycles. The molecule has 0 spiro atoms. The van der Waals surface area contributed by atoms with Gasteiger partial charge in [0.25, 0.3) is 10.0 Å². The first-order valence-electron chi connectivity index (χ1n) is 5.44. The van der Waals surface area contributed by atoms with Crippen LogP contribution in [0.4, 0.5) is 28.9 Å². The molecule has 21 heavy (non-hydrogen) atoms. The van der Waals surface area contributed by atoms with Crippen molar-refractivity contribution in [2.75, 3.05) is 10.5 Å². The summed E-state index contributed by atoms with van der Waals surface area (Å²) in [5.41, 5.74) is 3.80. The highest BCUT2D eigenvalue weighted by atomic mass is 32.2. The van der Waals surface area contributed by atoms with E-state index in [9.17, 15) is 26.0 Å². The van der Waals surface area contributed by atoms with Gasteiger partial charge in [-0.1, -0.05) is 12.1 Å². The summed E-state index contributed by atoms with van der Waals surface area (Å²) in [6.07, 6.45) is 0. The monoisotopic (exact) mass is 320 g/mol. The van der Waals surface area contributed by atoms with Crippen LogP contribution >= 0.6 is 0 Å². The zero-order valence-electron chi connectivity index (χ0n) is 10.2. The van der Waals surface area contributed by atoms with E-state index in [0.29, 0.717) is 0 Å². The molecule has 4 nitrogen and oxygen atoms in total. The number of hydrogen-bond acceptors (Lipinski definition) is 3. The molecule has 0 saturated heterocycles. The maximum Gasteiger partial charge on any atom is 0.264 e. The van der Waals surface area contributed by atoms with Crippen LogP contribution in [0.1, 0.15) is 0 Å². The lowest BCUT2D eigenvalue weighted by Gasteiger charge is -2.12. The van der Waals surface area contributed by atoms with Crippen molar-refractivity contribution >= 4 is 21.4 Å². The maximum atomic E-state index is 13.4. The predicted molar refractivity (Wildman–Crippen MR) is 67.9 cm³/mol. The summed E-state index contributed by atoms with van der Waals surface area (Å²) < 4.78 is 78.4. The molecular formula is C12H8F4N2O2S. The third kappa shape index (κ3) is 2.77. The quantitative estimate of drug-likeness (QED) is 0.519. The molecule has 2 aromatic rings. The van der Waals surface area contributed by atoms with Gasteiger partial charge in [0.15, 0.2) is 23.3 Å². The van der Waals surface area contributed by atoms with E-state index in [1.54, 1.807) is 0 Å². The fourth-order valence-corrected chi connectivity index (χ4v) is 2.77. The summed E-state index contributed by atoms with van der Waals surface area (Å²) in [7, 11) is -4.51. The molecule has 0 amide bonds. The smallest absolute Gasteiger partial charge is 0.264 e. The highest BCUT2D eigenvalue weighted by Crippen LogP contribution is 2.28. The molecule has 0 aliphatic rings. The molecule has 0 fully saturated rings. The Kier molecular flexibility index (Phi) is 3.77. The number of anilines is 2. The summed E-state index contributed by atoms with van der Waals surface area (Å²) in [6, 6.07) is 5.05. The molecule has 0 bridgehead atoms. The number of rotatable bonds is 3. The van der Waals surface area contributed by atoms with Gasteiger partial charge in [-0.25, -0.2) is 26.0 Å². The van der Waals surface area contributed by atoms with Crippen LogP contribution in [0.3, 0.4) is 0 Å². The minimum Gasteiger partial charge on any atom is -0.398 e. The van der Waals surface area contributed by atoms with Crippen LogP contribution in [0.5, 0.6) is 0 Å². The Bertz CT molecular complexity index is 783. The molecule has 0 radical (unpaired) electrons. The van der Waals surface area contributed by atoms with Gasteiger partial charge in [0.1, 0.15) is 10.6 Å². The molecule has 9 heteroatoms. The normalized spacial score (nSPS) is 11.4. The Morgan fingerprint density at radius 2 is 1.48 bits per heavy atom. The van der Waals surface area contributed by atoms with Gasteiger partial charge in [0, 0.05) is 6.07 Å². The SMILES string of the molecule is Nc1ccccc1S(=O)(=O)Nc1c(F)c(F)cc(F)c1F. The first-order valence-corrected chi connectivity index (χ1v) is 6.92. The number of sulfonamides is 1. The molecule has 0 aliphatic heterocycles. The molecule has 0 heterocycles. The van der Waals surface area contributed by atoms with Crippen LogP contribution < -0.4 is 10.5 Å². The summed E-state index contributed by atoms with van der Waals surface area (Å²) in [4.78, 5) is -0.478. The minimum absolute atomic E-state index is 0.0284. The zero-order chi connectivity index (χ0) is 15.8. The van der Waals surface area contributed by atoms with Crippen molar-refractivity contribution in [3.63, 3.8) is 0 Å². The molecule has 0 saturated carbocycles. The number of benzene rings is 2. The lowest BCUT2D eigenvalue weighted by Crippen LogP contribution is -2.17. The third-order valence-electron chi connectivity index (χ3n) is 2.56. The molecule has 2 aromatic carbocycles. The lowest BCUT2D eigenvalue weighted by molar-refractivity contribution is 0.459. The maximum absolute atomic E-state index is 13.4. The minimum atomic E-state index is -4.51. The van der Waals surface area contributed by atoms with Crippen LogP contribution in [-0.4, -0.2) is 8.42 Å². The average Bonchev–Trinajstić information content (AvgIpc) is 2.42. The van der Waals surface area contributed by atoms with E-state index in [4.69, 9.17) is 5.73 Å². The topological polar surface area (TPSA) is 72.2 Å². The second-order valence-corrected chi connectivity index (χ2v) is 5.64. The second kappa shape index (κ2) is 5.24. The first-order chi connectivity index (χ1) is 9.74. The molecule has 2 rings (SSSR count). The largest absolute Gasteiger partial charge is 0.398 e. The van der Waals surface area contributed by atoms with Crippen molar-refractivity contribution in [3.05, 3.63) is 53.6 Å². The Balaban J connectivity index is 2.55. The summed E-state index contributed by atoms with van der Waals surface area (Å²) in [5, 5.41) is 0. The fourth-order valence-electron chi connectivity index (χ4n) is 1.58. The van der Waals surface area contributed by atoms with Crippen molar-refractivity contribution < 1.29 is 26.0 Å². The molecule has 0 atom stereocenters. The Morgan fingerprint density at radius 1 is 0.952 bits per heavy atom. The van der Waals surface area contributed by atoms with Crippen LogP contribution in [0.25, 0.3) is 0 Å². The number of nitrogens with one attached hydrogen (secondary N) is 1. The van der Waals surface area contributed by atoms with E-state index in [-0.39, 0.29) is 11.8 Å². The van der Waals surface area contributed by atoms with Gasteiger partial charge in [-0.2, -0.15) is 0 Å². The van der Waals surface area contributed by atoms with Crippen molar-refractivity contribution in [1.82, 2.24) is 0 Å². The summed E-state index contributed by atoms with van der Waals surface area (Å²) in [6.45, 7) is 0. The van der Waals surface area contributed by atoms with Crippen molar-refractivity contribution in [1.29, 1.82) is 0 Å². The van der Waals surface area contributed by atoms with Crippen LogP contribution in [0.15, 0.2) is 35.2 Å². The number of nitrogens with two attached hydrogens (primary N) is 1. The molecular weight excluding hydrogens is 312 g/mol. The van der Waals surface area contributed by atoms with Gasteiger partial charge in [0.2, 0.25) is 0 Å². The van der Waals surface area contributed by atoms with Crippen LogP contribution in [0, 0.1) is 23.3 Å². The Hall–Kier alpha value is -2.29. The number of para-hydroxylation sites is 1. The average molecular weight is 320 g/mol. The molecule has 0 aromatic heterocycles. The number of nitrogen functional groups attached to an aromatic ring is 1. The number of halogens is 4. The van der Waals surface area contributed by atoms with Gasteiger partial charge in [-0.15, -0.1) is 0 Å².